The van der Waals surface area contributed by atoms with Crippen LogP contribution >= 0.6 is 11.3 Å². The number of methoxy groups -OCH3 is 1. The molecule has 0 fully saturated rings. The standard InChI is InChI=1S/C22H24N2O3S/c1-4-20(19-10-5-6-11-21(19)26-3)24-22(25)16-8-7-9-18(12-16)27-13-17-14-28-15(2)23-17/h5-12,14,20H,4,13H2,1-3H3,(H,24,25). The summed E-state index contributed by atoms with van der Waals surface area (Å²) in [7, 11) is 1.64. The van der Waals surface area contributed by atoms with Gasteiger partial charge in [0.05, 0.1) is 23.9 Å². The van der Waals surface area contributed by atoms with Gasteiger partial charge in [-0.2, -0.15) is 0 Å². The number of thiazole rings is 1. The molecule has 1 amide bonds. The highest BCUT2D eigenvalue weighted by atomic mass is 32.1. The Morgan fingerprint density at radius 2 is 2.04 bits per heavy atom. The van der Waals surface area contributed by atoms with Crippen molar-refractivity contribution in [1.82, 2.24) is 10.3 Å². The molecule has 1 atom stereocenters. The van der Waals surface area contributed by atoms with E-state index in [0.717, 1.165) is 28.4 Å². The third-order valence-corrected chi connectivity index (χ3v) is 5.20. The number of ether oxygens (including phenoxy) is 2. The Labute approximate surface area is 169 Å². The Morgan fingerprint density at radius 1 is 1.21 bits per heavy atom. The van der Waals surface area contributed by atoms with Gasteiger partial charge in [0, 0.05) is 16.5 Å². The van der Waals surface area contributed by atoms with Crippen molar-refractivity contribution in [3.8, 4) is 11.5 Å². The maximum absolute atomic E-state index is 12.8. The van der Waals surface area contributed by atoms with Gasteiger partial charge in [-0.15, -0.1) is 11.3 Å². The van der Waals surface area contributed by atoms with Crippen LogP contribution in [-0.2, 0) is 6.61 Å². The number of hydrogen-bond donors (Lipinski definition) is 1. The summed E-state index contributed by atoms with van der Waals surface area (Å²) in [5, 5.41) is 6.08. The highest BCUT2D eigenvalue weighted by molar-refractivity contribution is 7.09. The molecule has 3 rings (SSSR count). The van der Waals surface area contributed by atoms with Crippen molar-refractivity contribution in [1.29, 1.82) is 0 Å². The van der Waals surface area contributed by atoms with Crippen LogP contribution in [0.1, 0.15) is 46.0 Å². The molecular weight excluding hydrogens is 372 g/mol. The van der Waals surface area contributed by atoms with E-state index in [-0.39, 0.29) is 11.9 Å². The molecular formula is C22H24N2O3S. The minimum atomic E-state index is -0.146. The van der Waals surface area contributed by atoms with Crippen LogP contribution in [0.2, 0.25) is 0 Å². The first-order chi connectivity index (χ1) is 13.6. The molecule has 1 unspecified atom stereocenters. The molecule has 0 saturated carbocycles. The van der Waals surface area contributed by atoms with Crippen molar-refractivity contribution in [2.45, 2.75) is 32.9 Å². The molecule has 6 heteroatoms. The van der Waals surface area contributed by atoms with E-state index in [1.807, 2.05) is 55.6 Å². The van der Waals surface area contributed by atoms with Gasteiger partial charge in [-0.25, -0.2) is 4.98 Å². The average molecular weight is 397 g/mol. The fourth-order valence-corrected chi connectivity index (χ4v) is 3.55. The first-order valence-electron chi connectivity index (χ1n) is 9.18. The summed E-state index contributed by atoms with van der Waals surface area (Å²) in [6.07, 6.45) is 0.755. The van der Waals surface area contributed by atoms with Gasteiger partial charge in [0.1, 0.15) is 18.1 Å². The molecule has 28 heavy (non-hydrogen) atoms. The zero-order valence-corrected chi connectivity index (χ0v) is 17.1. The monoisotopic (exact) mass is 396 g/mol. The molecule has 146 valence electrons. The van der Waals surface area contributed by atoms with Crippen LogP contribution in [0.4, 0.5) is 0 Å². The summed E-state index contributed by atoms with van der Waals surface area (Å²) in [6, 6.07) is 14.8. The lowest BCUT2D eigenvalue weighted by Crippen LogP contribution is -2.28. The Balaban J connectivity index is 1.69. The van der Waals surface area contributed by atoms with Gasteiger partial charge in [-0.05, 0) is 37.6 Å². The quantitative estimate of drug-likeness (QED) is 0.587. The normalized spacial score (nSPS) is 11.7. The first-order valence-corrected chi connectivity index (χ1v) is 10.1. The lowest BCUT2D eigenvalue weighted by atomic mass is 10.0. The smallest absolute Gasteiger partial charge is 0.251 e. The number of nitrogens with zero attached hydrogens (tertiary/aromatic N) is 1. The van der Waals surface area contributed by atoms with Crippen LogP contribution in [0.5, 0.6) is 11.5 Å². The van der Waals surface area contributed by atoms with E-state index >= 15 is 0 Å². The van der Waals surface area contributed by atoms with Gasteiger partial charge in [0.15, 0.2) is 0 Å². The number of carbonyl (C=O) groups is 1. The van der Waals surface area contributed by atoms with Crippen molar-refractivity contribution in [3.63, 3.8) is 0 Å². The van der Waals surface area contributed by atoms with Crippen LogP contribution in [-0.4, -0.2) is 18.0 Å². The van der Waals surface area contributed by atoms with Gasteiger partial charge in [0.25, 0.3) is 5.91 Å². The number of benzene rings is 2. The molecule has 0 bridgehead atoms. The minimum absolute atomic E-state index is 0.133. The predicted octanol–water partition coefficient (Wildman–Crippen LogP) is 4.92. The predicted molar refractivity (Wildman–Crippen MR) is 111 cm³/mol. The van der Waals surface area contributed by atoms with Crippen LogP contribution in [0.15, 0.2) is 53.9 Å². The van der Waals surface area contributed by atoms with Crippen molar-refractivity contribution >= 4 is 17.2 Å². The fraction of sp³-hybridized carbons (Fsp3) is 0.273. The topological polar surface area (TPSA) is 60.5 Å². The number of carbonyl (C=O) groups excluding carboxylic acids is 1. The maximum Gasteiger partial charge on any atom is 0.251 e. The average Bonchev–Trinajstić information content (AvgIpc) is 3.15. The molecule has 1 N–H and O–H groups in total. The molecule has 0 aliphatic heterocycles. The molecule has 1 heterocycles. The number of rotatable bonds is 8. The van der Waals surface area contributed by atoms with Crippen molar-refractivity contribution in [3.05, 3.63) is 75.7 Å². The van der Waals surface area contributed by atoms with Crippen molar-refractivity contribution in [2.24, 2.45) is 0 Å². The van der Waals surface area contributed by atoms with Crippen LogP contribution < -0.4 is 14.8 Å². The van der Waals surface area contributed by atoms with Crippen molar-refractivity contribution < 1.29 is 14.3 Å². The van der Waals surface area contributed by atoms with E-state index in [1.165, 1.54) is 0 Å². The van der Waals surface area contributed by atoms with Crippen LogP contribution in [0, 0.1) is 6.92 Å². The lowest BCUT2D eigenvalue weighted by Gasteiger charge is -2.20. The molecule has 0 aliphatic rings. The van der Waals surface area contributed by atoms with Gasteiger partial charge in [-0.3, -0.25) is 4.79 Å². The molecule has 1 aromatic heterocycles. The van der Waals surface area contributed by atoms with E-state index in [1.54, 1.807) is 30.6 Å². The number of para-hydroxylation sites is 1. The Bertz CT molecular complexity index is 939. The fourth-order valence-electron chi connectivity index (χ4n) is 2.95. The highest BCUT2D eigenvalue weighted by Gasteiger charge is 2.17. The van der Waals surface area contributed by atoms with E-state index in [9.17, 15) is 4.79 Å². The Morgan fingerprint density at radius 3 is 2.75 bits per heavy atom. The summed E-state index contributed by atoms with van der Waals surface area (Å²) in [5.74, 6) is 1.27. The van der Waals surface area contributed by atoms with Crippen LogP contribution in [0.3, 0.4) is 0 Å². The second kappa shape index (κ2) is 9.37. The highest BCUT2D eigenvalue weighted by Crippen LogP contribution is 2.27. The van der Waals surface area contributed by atoms with E-state index in [0.29, 0.717) is 17.9 Å². The van der Waals surface area contributed by atoms with Gasteiger partial charge >= 0.3 is 0 Å². The summed E-state index contributed by atoms with van der Waals surface area (Å²) in [4.78, 5) is 17.2. The first kappa shape index (κ1) is 19.9. The molecule has 2 aromatic carbocycles. The van der Waals surface area contributed by atoms with Gasteiger partial charge in [0.2, 0.25) is 0 Å². The summed E-state index contributed by atoms with van der Waals surface area (Å²) in [5.41, 5.74) is 2.41. The van der Waals surface area contributed by atoms with E-state index < -0.39 is 0 Å². The summed E-state index contributed by atoms with van der Waals surface area (Å²) in [6.45, 7) is 4.38. The van der Waals surface area contributed by atoms with E-state index in [2.05, 4.69) is 10.3 Å². The Kier molecular flexibility index (Phi) is 6.66. The maximum atomic E-state index is 12.8. The molecule has 0 aliphatic carbocycles. The molecule has 5 nitrogen and oxygen atoms in total. The molecule has 0 spiro atoms. The number of aryl methyl sites for hydroxylation is 1. The molecule has 3 aromatic rings. The van der Waals surface area contributed by atoms with Gasteiger partial charge in [-0.1, -0.05) is 31.2 Å². The zero-order valence-electron chi connectivity index (χ0n) is 16.3. The minimum Gasteiger partial charge on any atom is -0.496 e. The Hall–Kier alpha value is -2.86. The number of hydrogen-bond acceptors (Lipinski definition) is 5. The zero-order chi connectivity index (χ0) is 19.9. The van der Waals surface area contributed by atoms with Gasteiger partial charge < -0.3 is 14.8 Å². The molecule has 0 saturated heterocycles. The number of amides is 1. The second-order valence-electron chi connectivity index (χ2n) is 6.35. The molecule has 0 radical (unpaired) electrons. The summed E-state index contributed by atoms with van der Waals surface area (Å²) >= 11 is 1.59. The third-order valence-electron chi connectivity index (χ3n) is 4.38. The lowest BCUT2D eigenvalue weighted by molar-refractivity contribution is 0.0934. The van der Waals surface area contributed by atoms with Crippen molar-refractivity contribution in [2.75, 3.05) is 7.11 Å². The van der Waals surface area contributed by atoms with E-state index in [4.69, 9.17) is 9.47 Å². The van der Waals surface area contributed by atoms with Crippen LogP contribution in [0.25, 0.3) is 0 Å². The summed E-state index contributed by atoms with van der Waals surface area (Å²) < 4.78 is 11.2. The second-order valence-corrected chi connectivity index (χ2v) is 7.41. The number of aromatic nitrogens is 1. The third kappa shape index (κ3) is 4.89. The number of nitrogens with one attached hydrogen (secondary N) is 1. The SMILES string of the molecule is CCC(NC(=O)c1cccc(OCc2csc(C)n2)c1)c1ccccc1OC. The largest absolute Gasteiger partial charge is 0.496 e.